The summed E-state index contributed by atoms with van der Waals surface area (Å²) < 4.78 is 6.86. The maximum atomic E-state index is 12.9. The van der Waals surface area contributed by atoms with Crippen molar-refractivity contribution >= 4 is 39.1 Å². The molecule has 0 aliphatic heterocycles. The number of ether oxygens (including phenoxy) is 1. The number of non-ortho nitro benzene ring substituents is 1. The van der Waals surface area contributed by atoms with Crippen LogP contribution in [0.1, 0.15) is 34.3 Å². The molecule has 4 rings (SSSR count). The molecule has 1 heterocycles. The lowest BCUT2D eigenvalue weighted by Crippen LogP contribution is -2.22. The molecule has 0 bridgehead atoms. The van der Waals surface area contributed by atoms with E-state index in [-0.39, 0.29) is 12.2 Å². The minimum absolute atomic E-state index is 0.0680. The second-order valence-corrected chi connectivity index (χ2v) is 8.07. The molecule has 0 unspecified atom stereocenters. The van der Waals surface area contributed by atoms with Crippen molar-refractivity contribution in [3.8, 4) is 0 Å². The Bertz CT molecular complexity index is 1240. The van der Waals surface area contributed by atoms with E-state index in [1.807, 2.05) is 12.1 Å². The summed E-state index contributed by atoms with van der Waals surface area (Å²) in [6, 6.07) is 9.97. The maximum Gasteiger partial charge on any atom is 0.325 e. The highest BCUT2D eigenvalue weighted by Crippen LogP contribution is 2.24. The molecule has 8 nitrogen and oxygen atoms in total. The predicted molar refractivity (Wildman–Crippen MR) is 111 cm³/mol. The summed E-state index contributed by atoms with van der Waals surface area (Å²) in [5, 5.41) is 11.1. The summed E-state index contributed by atoms with van der Waals surface area (Å²) in [4.78, 5) is 39.9. The van der Waals surface area contributed by atoms with E-state index in [9.17, 15) is 19.7 Å². The minimum atomic E-state index is -0.504. The molecule has 0 spiro atoms. The topological polar surface area (TPSA) is 104 Å². The number of rotatable bonds is 4. The molecule has 1 aromatic heterocycles. The van der Waals surface area contributed by atoms with Crippen molar-refractivity contribution in [3.63, 3.8) is 0 Å². The Kier molecular flexibility index (Phi) is 5.45. The van der Waals surface area contributed by atoms with Crippen LogP contribution in [0.4, 0.5) is 5.69 Å². The van der Waals surface area contributed by atoms with Gasteiger partial charge in [0.25, 0.3) is 11.6 Å². The normalized spacial score (nSPS) is 13.8. The first-order valence-corrected chi connectivity index (χ1v) is 10.3. The Labute approximate surface area is 175 Å². The summed E-state index contributed by atoms with van der Waals surface area (Å²) in [5.74, 6) is -0.918. The smallest absolute Gasteiger partial charge is 0.325 e. The van der Waals surface area contributed by atoms with Crippen LogP contribution in [0.3, 0.4) is 0 Å². The Morgan fingerprint density at radius 2 is 1.93 bits per heavy atom. The summed E-state index contributed by atoms with van der Waals surface area (Å²) in [5.41, 5.74) is 3.45. The molecule has 0 fully saturated rings. The number of carbonyl (C=O) groups is 2. The zero-order chi connectivity index (χ0) is 21.3. The fraction of sp³-hybridized carbons (Fsp3) is 0.286. The van der Waals surface area contributed by atoms with Crippen LogP contribution >= 0.6 is 11.3 Å². The van der Waals surface area contributed by atoms with Gasteiger partial charge in [-0.05, 0) is 55.0 Å². The quantitative estimate of drug-likeness (QED) is 0.362. The molecule has 0 saturated carbocycles. The summed E-state index contributed by atoms with van der Waals surface area (Å²) in [6.07, 6.45) is 4.24. The first-order valence-electron chi connectivity index (χ1n) is 9.52. The lowest BCUT2D eigenvalue weighted by molar-refractivity contribution is -0.384. The molecule has 9 heteroatoms. The third kappa shape index (κ3) is 3.88. The van der Waals surface area contributed by atoms with Crippen molar-refractivity contribution in [2.75, 3.05) is 7.11 Å². The van der Waals surface area contributed by atoms with Gasteiger partial charge >= 0.3 is 5.97 Å². The number of esters is 1. The number of benzene rings is 2. The van der Waals surface area contributed by atoms with Gasteiger partial charge in [-0.15, -0.1) is 0 Å². The Balaban J connectivity index is 1.80. The summed E-state index contributed by atoms with van der Waals surface area (Å²) in [7, 11) is 1.28. The molecule has 0 atom stereocenters. The number of fused-ring (bicyclic) bond motifs is 2. The van der Waals surface area contributed by atoms with E-state index in [4.69, 9.17) is 4.74 Å². The molecule has 1 aliphatic carbocycles. The first-order chi connectivity index (χ1) is 14.5. The van der Waals surface area contributed by atoms with Gasteiger partial charge < -0.3 is 9.30 Å². The fourth-order valence-electron chi connectivity index (χ4n) is 3.63. The number of nitrogens with zero attached hydrogens (tertiary/aromatic N) is 3. The highest BCUT2D eigenvalue weighted by atomic mass is 32.1. The summed E-state index contributed by atoms with van der Waals surface area (Å²) >= 11 is 1.12. The van der Waals surface area contributed by atoms with Crippen LogP contribution in [0, 0.1) is 10.1 Å². The Morgan fingerprint density at radius 1 is 1.17 bits per heavy atom. The zero-order valence-electron chi connectivity index (χ0n) is 16.3. The van der Waals surface area contributed by atoms with Crippen molar-refractivity contribution in [1.82, 2.24) is 4.57 Å². The van der Waals surface area contributed by atoms with Gasteiger partial charge in [-0.25, -0.2) is 0 Å². The molecule has 154 valence electrons. The van der Waals surface area contributed by atoms with Crippen LogP contribution in [-0.4, -0.2) is 28.5 Å². The number of hydrogen-bond donors (Lipinski definition) is 0. The van der Waals surface area contributed by atoms with Gasteiger partial charge in [0.1, 0.15) is 6.54 Å². The number of thiazole rings is 1. The van der Waals surface area contributed by atoms with E-state index >= 15 is 0 Å². The van der Waals surface area contributed by atoms with Crippen molar-refractivity contribution in [2.24, 2.45) is 4.99 Å². The van der Waals surface area contributed by atoms with Gasteiger partial charge in [-0.2, -0.15) is 4.99 Å². The first kappa shape index (κ1) is 20.0. The average Bonchev–Trinajstić information content (AvgIpc) is 3.09. The molecular weight excluding hydrogens is 406 g/mol. The molecule has 1 aliphatic rings. The highest BCUT2D eigenvalue weighted by Gasteiger charge is 2.16. The van der Waals surface area contributed by atoms with Gasteiger partial charge in [0.2, 0.25) is 0 Å². The Hall–Kier alpha value is -3.33. The molecular formula is C21H19N3O5S. The average molecular weight is 425 g/mol. The molecule has 0 saturated heterocycles. The molecule has 30 heavy (non-hydrogen) atoms. The van der Waals surface area contributed by atoms with Crippen LogP contribution in [-0.2, 0) is 28.9 Å². The van der Waals surface area contributed by atoms with Gasteiger partial charge in [0, 0.05) is 17.7 Å². The van der Waals surface area contributed by atoms with Gasteiger partial charge in [-0.3, -0.25) is 19.7 Å². The van der Waals surface area contributed by atoms with Crippen molar-refractivity contribution in [3.05, 3.63) is 68.0 Å². The minimum Gasteiger partial charge on any atom is -0.468 e. The lowest BCUT2D eigenvalue weighted by Gasteiger charge is -2.15. The number of methoxy groups -OCH3 is 1. The highest BCUT2D eigenvalue weighted by molar-refractivity contribution is 7.16. The van der Waals surface area contributed by atoms with Crippen LogP contribution in [0.5, 0.6) is 0 Å². The van der Waals surface area contributed by atoms with Crippen molar-refractivity contribution in [1.29, 1.82) is 0 Å². The van der Waals surface area contributed by atoms with Crippen molar-refractivity contribution < 1.29 is 19.2 Å². The van der Waals surface area contributed by atoms with E-state index in [2.05, 4.69) is 4.99 Å². The standard InChI is InChI=1S/C21H19N3O5S/c1-29-19(25)12-23-17-9-8-16(24(27)28)11-18(17)30-21(23)22-20(26)15-7-6-13-4-2-3-5-14(13)10-15/h6-11H,2-5,12H2,1H3. The van der Waals surface area contributed by atoms with E-state index < -0.39 is 16.8 Å². The number of hydrogen-bond acceptors (Lipinski definition) is 6. The molecule has 1 amide bonds. The number of nitro benzene ring substituents is 1. The maximum absolute atomic E-state index is 12.9. The largest absolute Gasteiger partial charge is 0.468 e. The lowest BCUT2D eigenvalue weighted by atomic mass is 9.90. The van der Waals surface area contributed by atoms with Crippen molar-refractivity contribution in [2.45, 2.75) is 32.2 Å². The number of aromatic nitrogens is 1. The number of carbonyl (C=O) groups excluding carboxylic acids is 2. The molecule has 2 aromatic carbocycles. The monoisotopic (exact) mass is 425 g/mol. The number of nitro groups is 1. The SMILES string of the molecule is COC(=O)Cn1c(=NC(=O)c2ccc3c(c2)CCCC3)sc2cc([N+](=O)[O-])ccc21. The third-order valence-electron chi connectivity index (χ3n) is 5.18. The Morgan fingerprint density at radius 3 is 2.67 bits per heavy atom. The van der Waals surface area contributed by atoms with Crippen LogP contribution in [0.25, 0.3) is 10.2 Å². The third-order valence-corrected chi connectivity index (χ3v) is 6.23. The summed E-state index contributed by atoms with van der Waals surface area (Å²) in [6.45, 7) is -0.148. The van der Waals surface area contributed by atoms with Gasteiger partial charge in [0.15, 0.2) is 4.80 Å². The van der Waals surface area contributed by atoms with Gasteiger partial charge in [-0.1, -0.05) is 17.4 Å². The number of amides is 1. The van der Waals surface area contributed by atoms with E-state index in [0.717, 1.165) is 37.0 Å². The van der Waals surface area contributed by atoms with Crippen LogP contribution in [0.2, 0.25) is 0 Å². The molecule has 0 N–H and O–H groups in total. The fourth-order valence-corrected chi connectivity index (χ4v) is 4.69. The van der Waals surface area contributed by atoms with E-state index in [0.29, 0.717) is 20.6 Å². The zero-order valence-corrected chi connectivity index (χ0v) is 17.1. The van der Waals surface area contributed by atoms with Crippen LogP contribution in [0.15, 0.2) is 41.4 Å². The predicted octanol–water partition coefficient (Wildman–Crippen LogP) is 3.40. The number of aryl methyl sites for hydroxylation is 2. The second-order valence-electron chi connectivity index (χ2n) is 7.06. The van der Waals surface area contributed by atoms with E-state index in [1.165, 1.54) is 30.4 Å². The molecule has 0 radical (unpaired) electrons. The second kappa shape index (κ2) is 8.19. The molecule has 3 aromatic rings. The van der Waals surface area contributed by atoms with Crippen LogP contribution < -0.4 is 4.80 Å². The van der Waals surface area contributed by atoms with E-state index in [1.54, 1.807) is 16.7 Å². The van der Waals surface area contributed by atoms with Gasteiger partial charge in [0.05, 0.1) is 22.2 Å².